The minimum Gasteiger partial charge on any atom is -0.351 e. The number of para-hydroxylation sites is 1. The molecule has 0 saturated heterocycles. The molecule has 0 bridgehead atoms. The molecule has 0 aliphatic heterocycles. The highest BCUT2D eigenvalue weighted by Crippen LogP contribution is 2.23. The first-order valence-corrected chi connectivity index (χ1v) is 9.03. The minimum absolute atomic E-state index is 0.0532. The van der Waals surface area contributed by atoms with Gasteiger partial charge >= 0.3 is 0 Å². The topological polar surface area (TPSA) is 59.8 Å². The summed E-state index contributed by atoms with van der Waals surface area (Å²) in [5.74, 6) is -0.0532. The van der Waals surface area contributed by atoms with Gasteiger partial charge in [-0.2, -0.15) is 0 Å². The molecule has 128 valence electrons. The predicted octanol–water partition coefficient (Wildman–Crippen LogP) is 3.72. The van der Waals surface area contributed by atoms with E-state index < -0.39 is 0 Å². The number of carbonyl (C=O) groups excluding carboxylic acids is 1. The molecule has 1 N–H and O–H groups in total. The first-order chi connectivity index (χ1) is 12.1. The average Bonchev–Trinajstić information content (AvgIpc) is 3.09. The maximum absolute atomic E-state index is 12.3. The van der Waals surface area contributed by atoms with Crippen molar-refractivity contribution in [3.63, 3.8) is 0 Å². The fraction of sp³-hybridized carbons (Fsp3) is 0.167. The Morgan fingerprint density at radius 3 is 2.64 bits per heavy atom. The van der Waals surface area contributed by atoms with Crippen molar-refractivity contribution in [3.05, 3.63) is 71.5 Å². The smallest absolute Gasteiger partial charge is 0.233 e. The van der Waals surface area contributed by atoms with Crippen LogP contribution in [0.2, 0.25) is 5.02 Å². The fourth-order valence-corrected chi connectivity index (χ4v) is 3.21. The minimum atomic E-state index is -0.293. The Morgan fingerprint density at radius 2 is 1.92 bits per heavy atom. The molecule has 0 aliphatic rings. The van der Waals surface area contributed by atoms with Crippen LogP contribution in [0.4, 0.5) is 0 Å². The summed E-state index contributed by atoms with van der Waals surface area (Å²) in [6, 6.07) is 17.2. The van der Waals surface area contributed by atoms with Crippen molar-refractivity contribution in [1.29, 1.82) is 0 Å². The molecule has 1 amide bonds. The number of halogens is 1. The molecule has 7 heteroatoms. The van der Waals surface area contributed by atoms with Gasteiger partial charge in [-0.3, -0.25) is 9.36 Å². The second-order valence-electron chi connectivity index (χ2n) is 5.42. The van der Waals surface area contributed by atoms with Gasteiger partial charge in [0.05, 0.1) is 5.25 Å². The number of nitrogens with one attached hydrogen (secondary N) is 1. The number of aromatic nitrogens is 3. The summed E-state index contributed by atoms with van der Waals surface area (Å²) >= 11 is 7.24. The highest BCUT2D eigenvalue weighted by atomic mass is 35.5. The van der Waals surface area contributed by atoms with E-state index in [4.69, 9.17) is 11.6 Å². The number of rotatable bonds is 6. The van der Waals surface area contributed by atoms with Crippen LogP contribution in [0.25, 0.3) is 5.69 Å². The maximum Gasteiger partial charge on any atom is 0.233 e. The lowest BCUT2D eigenvalue weighted by atomic mass is 10.2. The van der Waals surface area contributed by atoms with E-state index in [0.29, 0.717) is 16.7 Å². The molecule has 0 aliphatic carbocycles. The van der Waals surface area contributed by atoms with Crippen LogP contribution in [0.3, 0.4) is 0 Å². The van der Waals surface area contributed by atoms with E-state index >= 15 is 0 Å². The first kappa shape index (κ1) is 17.5. The normalized spacial score (nSPS) is 11.9. The van der Waals surface area contributed by atoms with E-state index in [0.717, 1.165) is 11.3 Å². The third-order valence-corrected chi connectivity index (χ3v) is 4.89. The Hall–Kier alpha value is -2.31. The largest absolute Gasteiger partial charge is 0.351 e. The predicted molar refractivity (Wildman–Crippen MR) is 100.0 cm³/mol. The van der Waals surface area contributed by atoms with E-state index in [1.165, 1.54) is 11.8 Å². The van der Waals surface area contributed by atoms with Gasteiger partial charge in [0.15, 0.2) is 5.16 Å². The molecule has 0 fully saturated rings. The van der Waals surface area contributed by atoms with Crippen molar-refractivity contribution in [3.8, 4) is 5.69 Å². The summed E-state index contributed by atoms with van der Waals surface area (Å²) < 4.78 is 1.87. The summed E-state index contributed by atoms with van der Waals surface area (Å²) in [4.78, 5) is 12.3. The summed E-state index contributed by atoms with van der Waals surface area (Å²) in [5.41, 5.74) is 1.96. The van der Waals surface area contributed by atoms with Crippen LogP contribution in [-0.2, 0) is 11.3 Å². The molecule has 5 nitrogen and oxygen atoms in total. The number of benzene rings is 2. The van der Waals surface area contributed by atoms with Gasteiger partial charge in [-0.25, -0.2) is 0 Å². The third-order valence-electron chi connectivity index (χ3n) is 3.58. The molecule has 1 atom stereocenters. The summed E-state index contributed by atoms with van der Waals surface area (Å²) in [6.07, 6.45) is 1.65. The highest BCUT2D eigenvalue weighted by molar-refractivity contribution is 8.00. The highest BCUT2D eigenvalue weighted by Gasteiger charge is 2.18. The lowest BCUT2D eigenvalue weighted by Crippen LogP contribution is -2.30. The van der Waals surface area contributed by atoms with Gasteiger partial charge in [0.25, 0.3) is 0 Å². The fourth-order valence-electron chi connectivity index (χ4n) is 2.22. The zero-order valence-electron chi connectivity index (χ0n) is 13.6. The quantitative estimate of drug-likeness (QED) is 0.670. The van der Waals surface area contributed by atoms with Crippen LogP contribution in [0.5, 0.6) is 0 Å². The van der Waals surface area contributed by atoms with Gasteiger partial charge in [-0.15, -0.1) is 10.2 Å². The number of amides is 1. The lowest BCUT2D eigenvalue weighted by molar-refractivity contribution is -0.120. The van der Waals surface area contributed by atoms with Crippen LogP contribution in [0.15, 0.2) is 66.1 Å². The van der Waals surface area contributed by atoms with Gasteiger partial charge < -0.3 is 5.32 Å². The maximum atomic E-state index is 12.3. The Balaban J connectivity index is 1.60. The van der Waals surface area contributed by atoms with Crippen LogP contribution in [-0.4, -0.2) is 25.9 Å². The number of hydrogen-bond acceptors (Lipinski definition) is 4. The van der Waals surface area contributed by atoms with Crippen LogP contribution in [0.1, 0.15) is 12.5 Å². The van der Waals surface area contributed by atoms with Crippen LogP contribution in [0, 0.1) is 0 Å². The van der Waals surface area contributed by atoms with Crippen molar-refractivity contribution < 1.29 is 4.79 Å². The van der Waals surface area contributed by atoms with Crippen molar-refractivity contribution in [1.82, 2.24) is 20.1 Å². The SMILES string of the molecule is CC(Sc1nncn1-c1ccccc1)C(=O)NCc1ccc(Cl)cc1. The Morgan fingerprint density at radius 1 is 1.20 bits per heavy atom. The van der Waals surface area contributed by atoms with Gasteiger partial charge in [-0.05, 0) is 36.8 Å². The van der Waals surface area contributed by atoms with Crippen molar-refractivity contribution >= 4 is 29.3 Å². The van der Waals surface area contributed by atoms with E-state index in [1.807, 2.05) is 66.1 Å². The van der Waals surface area contributed by atoms with E-state index in [2.05, 4.69) is 15.5 Å². The van der Waals surface area contributed by atoms with E-state index in [9.17, 15) is 4.79 Å². The lowest BCUT2D eigenvalue weighted by Gasteiger charge is -2.12. The second kappa shape index (κ2) is 8.18. The molecule has 25 heavy (non-hydrogen) atoms. The first-order valence-electron chi connectivity index (χ1n) is 7.78. The molecular weight excluding hydrogens is 356 g/mol. The number of hydrogen-bond donors (Lipinski definition) is 1. The molecule has 1 heterocycles. The number of carbonyl (C=O) groups is 1. The molecule has 3 rings (SSSR count). The van der Waals surface area contributed by atoms with Crippen molar-refractivity contribution in [2.24, 2.45) is 0 Å². The number of thioether (sulfide) groups is 1. The number of nitrogens with zero attached hydrogens (tertiary/aromatic N) is 3. The molecule has 0 radical (unpaired) electrons. The zero-order valence-corrected chi connectivity index (χ0v) is 15.2. The summed E-state index contributed by atoms with van der Waals surface area (Å²) in [6.45, 7) is 2.32. The van der Waals surface area contributed by atoms with Gasteiger partial charge in [0.1, 0.15) is 6.33 Å². The third kappa shape index (κ3) is 4.61. The molecular formula is C18H17ClN4OS. The summed E-state index contributed by atoms with van der Waals surface area (Å²) in [5, 5.41) is 12.1. The Bertz CT molecular complexity index is 836. The molecule has 2 aromatic carbocycles. The van der Waals surface area contributed by atoms with Gasteiger partial charge in [-0.1, -0.05) is 53.7 Å². The van der Waals surface area contributed by atoms with Crippen molar-refractivity contribution in [2.75, 3.05) is 0 Å². The van der Waals surface area contributed by atoms with Crippen LogP contribution < -0.4 is 5.32 Å². The van der Waals surface area contributed by atoms with Crippen LogP contribution >= 0.6 is 23.4 Å². The average molecular weight is 373 g/mol. The second-order valence-corrected chi connectivity index (χ2v) is 7.17. The molecule has 3 aromatic rings. The molecule has 1 unspecified atom stereocenters. The summed E-state index contributed by atoms with van der Waals surface area (Å²) in [7, 11) is 0. The Labute approximate surface area is 155 Å². The standard InChI is InChI=1S/C18H17ClN4OS/c1-13(17(24)20-11-14-7-9-15(19)10-8-14)25-18-22-21-12-23(18)16-5-3-2-4-6-16/h2-10,12-13H,11H2,1H3,(H,20,24). The molecule has 0 spiro atoms. The van der Waals surface area contributed by atoms with Gasteiger partial charge in [0.2, 0.25) is 5.91 Å². The Kier molecular flexibility index (Phi) is 5.73. The van der Waals surface area contributed by atoms with Gasteiger partial charge in [0, 0.05) is 17.3 Å². The zero-order chi connectivity index (χ0) is 17.6. The molecule has 1 aromatic heterocycles. The van der Waals surface area contributed by atoms with E-state index in [-0.39, 0.29) is 11.2 Å². The van der Waals surface area contributed by atoms with E-state index in [1.54, 1.807) is 6.33 Å². The molecule has 0 saturated carbocycles. The monoisotopic (exact) mass is 372 g/mol. The van der Waals surface area contributed by atoms with Crippen molar-refractivity contribution in [2.45, 2.75) is 23.9 Å².